The fourth-order valence-corrected chi connectivity index (χ4v) is 1.67. The van der Waals surface area contributed by atoms with Gasteiger partial charge in [0.2, 0.25) is 0 Å². The van der Waals surface area contributed by atoms with Gasteiger partial charge in [-0.1, -0.05) is 15.9 Å². The zero-order valence-electron chi connectivity index (χ0n) is 9.40. The molecule has 0 aliphatic carbocycles. The molecule has 0 radical (unpaired) electrons. The van der Waals surface area contributed by atoms with E-state index in [9.17, 15) is 0 Å². The van der Waals surface area contributed by atoms with Crippen LogP contribution in [0.5, 0.6) is 5.75 Å². The van der Waals surface area contributed by atoms with Gasteiger partial charge in [-0.25, -0.2) is 4.68 Å². The van der Waals surface area contributed by atoms with Crippen molar-refractivity contribution in [3.63, 3.8) is 0 Å². The van der Waals surface area contributed by atoms with E-state index in [2.05, 4.69) is 31.2 Å². The van der Waals surface area contributed by atoms with Crippen LogP contribution in [-0.2, 0) is 0 Å². The van der Waals surface area contributed by atoms with E-state index in [4.69, 9.17) is 9.84 Å². The number of benzene rings is 1. The van der Waals surface area contributed by atoms with Crippen molar-refractivity contribution in [3.05, 3.63) is 40.9 Å². The molecule has 0 fully saturated rings. The summed E-state index contributed by atoms with van der Waals surface area (Å²) < 4.78 is 7.81. The highest BCUT2D eigenvalue weighted by atomic mass is 79.9. The summed E-state index contributed by atoms with van der Waals surface area (Å²) in [6.45, 7) is 0.215. The summed E-state index contributed by atoms with van der Waals surface area (Å²) >= 11 is 3.39. The van der Waals surface area contributed by atoms with Gasteiger partial charge in [0.1, 0.15) is 25.0 Å². The Bertz CT molecular complexity index is 528. The van der Waals surface area contributed by atoms with E-state index in [1.165, 1.54) is 17.3 Å². The Hall–Kier alpha value is -1.73. The second kappa shape index (κ2) is 6.27. The Morgan fingerprint density at radius 1 is 1.39 bits per heavy atom. The van der Waals surface area contributed by atoms with Gasteiger partial charge in [0.15, 0.2) is 0 Å². The van der Waals surface area contributed by atoms with Crippen molar-refractivity contribution in [2.75, 3.05) is 13.2 Å². The number of rotatable bonds is 5. The Morgan fingerprint density at radius 2 is 2.17 bits per heavy atom. The molecular weight excluding hydrogens is 300 g/mol. The monoisotopic (exact) mass is 310 g/mol. The van der Waals surface area contributed by atoms with E-state index in [-0.39, 0.29) is 13.2 Å². The van der Waals surface area contributed by atoms with Gasteiger partial charge in [-0.2, -0.15) is 5.10 Å². The molecule has 0 saturated carbocycles. The lowest BCUT2D eigenvalue weighted by Crippen LogP contribution is -2.03. The number of aliphatic hydroxyl groups excluding tert-OH is 1. The fourth-order valence-electron chi connectivity index (χ4n) is 1.29. The molecule has 6 nitrogen and oxygen atoms in total. The SMILES string of the molecule is OCCOc1ccc(Br)cc1/C=N\n1cnnc1. The van der Waals surface area contributed by atoms with Crippen molar-refractivity contribution >= 4 is 22.1 Å². The first-order chi connectivity index (χ1) is 8.79. The van der Waals surface area contributed by atoms with Crippen LogP contribution in [0, 0.1) is 0 Å². The maximum atomic E-state index is 8.76. The molecular formula is C11H11BrN4O2. The predicted octanol–water partition coefficient (Wildman–Crippen LogP) is 1.29. The number of aromatic nitrogens is 3. The Balaban J connectivity index is 2.21. The van der Waals surface area contributed by atoms with Crippen LogP contribution in [0.1, 0.15) is 5.56 Å². The van der Waals surface area contributed by atoms with E-state index in [1.54, 1.807) is 6.21 Å². The minimum atomic E-state index is -0.0297. The van der Waals surface area contributed by atoms with Gasteiger partial charge >= 0.3 is 0 Å². The van der Waals surface area contributed by atoms with Crippen molar-refractivity contribution in [2.45, 2.75) is 0 Å². The lowest BCUT2D eigenvalue weighted by molar-refractivity contribution is 0.201. The average molecular weight is 311 g/mol. The third kappa shape index (κ3) is 3.38. The smallest absolute Gasteiger partial charge is 0.141 e. The summed E-state index contributed by atoms with van der Waals surface area (Å²) in [6, 6.07) is 5.55. The van der Waals surface area contributed by atoms with Crippen molar-refractivity contribution in [1.29, 1.82) is 0 Å². The highest BCUT2D eigenvalue weighted by molar-refractivity contribution is 9.10. The number of aliphatic hydroxyl groups is 1. The van der Waals surface area contributed by atoms with Crippen LogP contribution in [0.4, 0.5) is 0 Å². The van der Waals surface area contributed by atoms with E-state index in [0.29, 0.717) is 5.75 Å². The first-order valence-electron chi connectivity index (χ1n) is 5.22. The first kappa shape index (κ1) is 12.7. The molecule has 0 atom stereocenters. The zero-order chi connectivity index (χ0) is 12.8. The number of hydrogen-bond acceptors (Lipinski definition) is 5. The summed E-state index contributed by atoms with van der Waals surface area (Å²) in [5.41, 5.74) is 0.798. The Morgan fingerprint density at radius 3 is 2.89 bits per heavy atom. The highest BCUT2D eigenvalue weighted by Crippen LogP contribution is 2.21. The molecule has 1 aromatic heterocycles. The van der Waals surface area contributed by atoms with Gasteiger partial charge in [0, 0.05) is 10.0 Å². The summed E-state index contributed by atoms with van der Waals surface area (Å²) in [7, 11) is 0. The molecule has 0 saturated heterocycles. The number of nitrogens with zero attached hydrogens (tertiary/aromatic N) is 4. The highest BCUT2D eigenvalue weighted by Gasteiger charge is 2.02. The van der Waals surface area contributed by atoms with E-state index < -0.39 is 0 Å². The maximum Gasteiger partial charge on any atom is 0.141 e. The molecule has 1 aromatic carbocycles. The predicted molar refractivity (Wildman–Crippen MR) is 69.7 cm³/mol. The second-order valence-corrected chi connectivity index (χ2v) is 4.26. The maximum absolute atomic E-state index is 8.76. The second-order valence-electron chi connectivity index (χ2n) is 3.34. The van der Waals surface area contributed by atoms with Crippen LogP contribution in [0.25, 0.3) is 0 Å². The minimum Gasteiger partial charge on any atom is -0.491 e. The van der Waals surface area contributed by atoms with Gasteiger partial charge in [-0.15, -0.1) is 10.2 Å². The zero-order valence-corrected chi connectivity index (χ0v) is 11.0. The minimum absolute atomic E-state index is 0.0297. The van der Waals surface area contributed by atoms with Crippen LogP contribution >= 0.6 is 15.9 Å². The molecule has 1 heterocycles. The molecule has 0 aliphatic heterocycles. The molecule has 0 spiro atoms. The van der Waals surface area contributed by atoms with Gasteiger partial charge in [-0.3, -0.25) is 0 Å². The quantitative estimate of drug-likeness (QED) is 0.845. The molecule has 0 amide bonds. The first-order valence-corrected chi connectivity index (χ1v) is 6.01. The molecule has 0 aliphatic rings. The van der Waals surface area contributed by atoms with Gasteiger partial charge < -0.3 is 9.84 Å². The van der Waals surface area contributed by atoms with Gasteiger partial charge in [-0.05, 0) is 18.2 Å². The number of hydrogen-bond donors (Lipinski definition) is 1. The third-order valence-corrected chi connectivity index (χ3v) is 2.55. The summed E-state index contributed by atoms with van der Waals surface area (Å²) in [6.07, 6.45) is 4.62. The van der Waals surface area contributed by atoms with Crippen LogP contribution < -0.4 is 4.74 Å². The van der Waals surface area contributed by atoms with Gasteiger partial charge in [0.05, 0.1) is 12.8 Å². The van der Waals surface area contributed by atoms with Crippen molar-refractivity contribution in [2.24, 2.45) is 5.10 Å². The summed E-state index contributed by atoms with van der Waals surface area (Å²) in [5, 5.41) is 20.2. The molecule has 94 valence electrons. The molecule has 2 aromatic rings. The Kier molecular flexibility index (Phi) is 4.43. The third-order valence-electron chi connectivity index (χ3n) is 2.06. The summed E-state index contributed by atoms with van der Waals surface area (Å²) in [5.74, 6) is 0.657. The van der Waals surface area contributed by atoms with Gasteiger partial charge in [0.25, 0.3) is 0 Å². The lowest BCUT2D eigenvalue weighted by Gasteiger charge is -2.07. The van der Waals surface area contributed by atoms with Crippen LogP contribution in [-0.4, -0.2) is 39.4 Å². The van der Waals surface area contributed by atoms with Crippen LogP contribution in [0.2, 0.25) is 0 Å². The topological polar surface area (TPSA) is 72.5 Å². The van der Waals surface area contributed by atoms with Crippen molar-refractivity contribution < 1.29 is 9.84 Å². The van der Waals surface area contributed by atoms with E-state index in [1.807, 2.05) is 18.2 Å². The molecule has 2 rings (SSSR count). The van der Waals surface area contributed by atoms with Crippen LogP contribution in [0.3, 0.4) is 0 Å². The van der Waals surface area contributed by atoms with E-state index in [0.717, 1.165) is 10.0 Å². The molecule has 1 N–H and O–H groups in total. The number of ether oxygens (including phenoxy) is 1. The summed E-state index contributed by atoms with van der Waals surface area (Å²) in [4.78, 5) is 0. The molecule has 0 bridgehead atoms. The largest absolute Gasteiger partial charge is 0.491 e. The molecule has 7 heteroatoms. The molecule has 18 heavy (non-hydrogen) atoms. The van der Waals surface area contributed by atoms with Crippen LogP contribution in [0.15, 0.2) is 40.4 Å². The van der Waals surface area contributed by atoms with E-state index >= 15 is 0 Å². The molecule has 0 unspecified atom stereocenters. The fraction of sp³-hybridized carbons (Fsp3) is 0.182. The van der Waals surface area contributed by atoms with Crippen molar-refractivity contribution in [1.82, 2.24) is 14.9 Å². The van der Waals surface area contributed by atoms with Crippen molar-refractivity contribution in [3.8, 4) is 5.75 Å². The normalized spacial score (nSPS) is 11.0. The Labute approximate surface area is 112 Å². The average Bonchev–Trinajstić information content (AvgIpc) is 2.88. The lowest BCUT2D eigenvalue weighted by atomic mass is 10.2. The number of halogens is 1. The standard InChI is InChI=1S/C11H11BrN4O2/c12-10-1-2-11(18-4-3-17)9(5-10)6-15-16-7-13-14-8-16/h1-2,5-8,17H,3-4H2/b15-6-.